The molecule has 0 aliphatic carbocycles. The van der Waals surface area contributed by atoms with Crippen molar-refractivity contribution in [1.82, 2.24) is 0 Å². The molecule has 1 aromatic rings. The number of hydrogen-bond donors (Lipinski definition) is 1. The number of hydrogen-bond acceptors (Lipinski definition) is 2. The predicted molar refractivity (Wildman–Crippen MR) is 70.4 cm³/mol. The van der Waals surface area contributed by atoms with Gasteiger partial charge in [0.25, 0.3) is 0 Å². The summed E-state index contributed by atoms with van der Waals surface area (Å²) in [5.41, 5.74) is 0.885. The summed E-state index contributed by atoms with van der Waals surface area (Å²) >= 11 is 0. The number of halogens is 1. The summed E-state index contributed by atoms with van der Waals surface area (Å²) < 4.78 is 13.1. The van der Waals surface area contributed by atoms with E-state index in [4.69, 9.17) is 5.11 Å². The lowest BCUT2D eigenvalue weighted by Gasteiger charge is -2.23. The Morgan fingerprint density at radius 2 is 2.11 bits per heavy atom. The van der Waals surface area contributed by atoms with Crippen LogP contribution in [-0.4, -0.2) is 24.2 Å². The second-order valence-electron chi connectivity index (χ2n) is 4.26. The summed E-state index contributed by atoms with van der Waals surface area (Å²) in [6.07, 6.45) is 2.75. The predicted octanol–water partition coefficient (Wildman–Crippen LogP) is 3.30. The first-order valence-electron chi connectivity index (χ1n) is 6.35. The topological polar surface area (TPSA) is 40.5 Å². The third-order valence-corrected chi connectivity index (χ3v) is 2.87. The molecule has 0 saturated heterocycles. The zero-order valence-electron chi connectivity index (χ0n) is 10.7. The first kappa shape index (κ1) is 14.5. The second-order valence-corrected chi connectivity index (χ2v) is 4.26. The van der Waals surface area contributed by atoms with Crippen LogP contribution in [0.5, 0.6) is 0 Å². The normalized spacial score (nSPS) is 10.3. The average Bonchev–Trinajstić information content (AvgIpc) is 2.33. The molecular weight excluding hydrogens is 233 g/mol. The highest BCUT2D eigenvalue weighted by Crippen LogP contribution is 2.16. The van der Waals surface area contributed by atoms with Gasteiger partial charge in [-0.15, -0.1) is 0 Å². The van der Waals surface area contributed by atoms with Gasteiger partial charge in [0, 0.05) is 25.2 Å². The zero-order chi connectivity index (χ0) is 13.4. The Kier molecular flexibility index (Phi) is 6.19. The molecule has 0 bridgehead atoms. The van der Waals surface area contributed by atoms with Crippen LogP contribution in [0.1, 0.15) is 32.6 Å². The summed E-state index contributed by atoms with van der Waals surface area (Å²) in [4.78, 5) is 12.5. The SMILES string of the molecule is CCN(CCCCCC(=O)O)c1cccc(F)c1. The third-order valence-electron chi connectivity index (χ3n) is 2.87. The molecule has 1 N–H and O–H groups in total. The van der Waals surface area contributed by atoms with Gasteiger partial charge in [-0.1, -0.05) is 12.5 Å². The third kappa shape index (κ3) is 5.17. The minimum Gasteiger partial charge on any atom is -0.481 e. The lowest BCUT2D eigenvalue weighted by molar-refractivity contribution is -0.137. The lowest BCUT2D eigenvalue weighted by Crippen LogP contribution is -2.23. The fourth-order valence-corrected chi connectivity index (χ4v) is 1.90. The number of rotatable bonds is 8. The van der Waals surface area contributed by atoms with Crippen LogP contribution in [0.2, 0.25) is 0 Å². The van der Waals surface area contributed by atoms with Crippen LogP contribution in [0.25, 0.3) is 0 Å². The Balaban J connectivity index is 2.36. The van der Waals surface area contributed by atoms with Crippen molar-refractivity contribution in [2.24, 2.45) is 0 Å². The molecule has 0 heterocycles. The van der Waals surface area contributed by atoms with Crippen molar-refractivity contribution in [2.75, 3.05) is 18.0 Å². The number of benzene rings is 1. The molecule has 0 atom stereocenters. The maximum atomic E-state index is 13.1. The highest BCUT2D eigenvalue weighted by atomic mass is 19.1. The van der Waals surface area contributed by atoms with Crippen LogP contribution in [-0.2, 0) is 4.79 Å². The molecule has 3 nitrogen and oxygen atoms in total. The first-order chi connectivity index (χ1) is 8.63. The molecule has 0 spiro atoms. The van der Waals surface area contributed by atoms with E-state index >= 15 is 0 Å². The van der Waals surface area contributed by atoms with Gasteiger partial charge in [-0.2, -0.15) is 0 Å². The van der Waals surface area contributed by atoms with E-state index in [9.17, 15) is 9.18 Å². The largest absolute Gasteiger partial charge is 0.481 e. The Hall–Kier alpha value is -1.58. The van der Waals surface area contributed by atoms with Gasteiger partial charge in [-0.05, 0) is 38.0 Å². The summed E-state index contributed by atoms with van der Waals surface area (Å²) in [5.74, 6) is -0.968. The fraction of sp³-hybridized carbons (Fsp3) is 0.500. The lowest BCUT2D eigenvalue weighted by atomic mass is 10.2. The van der Waals surface area contributed by atoms with E-state index in [1.165, 1.54) is 12.1 Å². The molecule has 1 rings (SSSR count). The smallest absolute Gasteiger partial charge is 0.303 e. The first-order valence-corrected chi connectivity index (χ1v) is 6.35. The molecule has 0 radical (unpaired) electrons. The summed E-state index contributed by atoms with van der Waals surface area (Å²) in [6, 6.07) is 6.56. The second kappa shape index (κ2) is 7.69. The number of carboxylic acid groups (broad SMARTS) is 1. The molecule has 4 heteroatoms. The quantitative estimate of drug-likeness (QED) is 0.723. The van der Waals surface area contributed by atoms with Crippen molar-refractivity contribution in [3.63, 3.8) is 0 Å². The van der Waals surface area contributed by atoms with Crippen LogP contribution in [0, 0.1) is 5.82 Å². The zero-order valence-corrected chi connectivity index (χ0v) is 10.7. The molecule has 0 aromatic heterocycles. The maximum absolute atomic E-state index is 13.1. The van der Waals surface area contributed by atoms with Crippen molar-refractivity contribution in [2.45, 2.75) is 32.6 Å². The highest BCUT2D eigenvalue weighted by molar-refractivity contribution is 5.66. The standard InChI is InChI=1S/C14H20FNO2/c1-2-16(10-5-3-4-9-14(17)18)13-8-6-7-12(15)11-13/h6-8,11H,2-5,9-10H2,1H3,(H,17,18). The van der Waals surface area contributed by atoms with Crippen LogP contribution in [0.4, 0.5) is 10.1 Å². The monoisotopic (exact) mass is 253 g/mol. The molecule has 0 aliphatic rings. The average molecular weight is 253 g/mol. The molecular formula is C14H20FNO2. The number of aliphatic carboxylic acids is 1. The molecule has 0 unspecified atom stereocenters. The van der Waals surface area contributed by atoms with Gasteiger partial charge in [0.2, 0.25) is 0 Å². The van der Waals surface area contributed by atoms with Crippen molar-refractivity contribution >= 4 is 11.7 Å². The van der Waals surface area contributed by atoms with Crippen molar-refractivity contribution < 1.29 is 14.3 Å². The number of nitrogens with zero attached hydrogens (tertiary/aromatic N) is 1. The van der Waals surface area contributed by atoms with Crippen LogP contribution >= 0.6 is 0 Å². The Labute approximate surface area is 107 Å². The number of carboxylic acids is 1. The molecule has 100 valence electrons. The van der Waals surface area contributed by atoms with Gasteiger partial charge >= 0.3 is 5.97 Å². The van der Waals surface area contributed by atoms with Crippen LogP contribution in [0.3, 0.4) is 0 Å². The van der Waals surface area contributed by atoms with Gasteiger partial charge in [0.05, 0.1) is 0 Å². The van der Waals surface area contributed by atoms with Crippen molar-refractivity contribution in [3.8, 4) is 0 Å². The van der Waals surface area contributed by atoms with Crippen LogP contribution < -0.4 is 4.90 Å². The Morgan fingerprint density at radius 1 is 1.33 bits per heavy atom. The Bertz CT molecular complexity index is 382. The summed E-state index contributed by atoms with van der Waals surface area (Å²) in [6.45, 7) is 3.68. The minimum absolute atomic E-state index is 0.225. The summed E-state index contributed by atoms with van der Waals surface area (Å²) in [5, 5.41) is 8.52. The minimum atomic E-state index is -0.743. The van der Waals surface area contributed by atoms with Crippen LogP contribution in [0.15, 0.2) is 24.3 Å². The molecule has 1 aromatic carbocycles. The van der Waals surface area contributed by atoms with Gasteiger partial charge in [0.15, 0.2) is 0 Å². The fourth-order valence-electron chi connectivity index (χ4n) is 1.90. The van der Waals surface area contributed by atoms with E-state index in [-0.39, 0.29) is 12.2 Å². The molecule has 0 saturated carbocycles. The maximum Gasteiger partial charge on any atom is 0.303 e. The number of unbranched alkanes of at least 4 members (excludes halogenated alkanes) is 2. The van der Waals surface area contributed by atoms with E-state index < -0.39 is 5.97 Å². The van der Waals surface area contributed by atoms with Crippen molar-refractivity contribution in [1.29, 1.82) is 0 Å². The van der Waals surface area contributed by atoms with Gasteiger partial charge in [-0.25, -0.2) is 4.39 Å². The molecule has 0 fully saturated rings. The van der Waals surface area contributed by atoms with Gasteiger partial charge < -0.3 is 10.0 Å². The molecule has 0 aliphatic heterocycles. The number of carbonyl (C=O) groups is 1. The van der Waals surface area contributed by atoms with Gasteiger partial charge in [-0.3, -0.25) is 4.79 Å². The van der Waals surface area contributed by atoms with E-state index in [2.05, 4.69) is 4.90 Å². The molecule has 18 heavy (non-hydrogen) atoms. The Morgan fingerprint density at radius 3 is 2.72 bits per heavy atom. The van der Waals surface area contributed by atoms with E-state index in [0.717, 1.165) is 31.6 Å². The van der Waals surface area contributed by atoms with Crippen molar-refractivity contribution in [3.05, 3.63) is 30.1 Å². The molecule has 0 amide bonds. The summed E-state index contributed by atoms with van der Waals surface area (Å²) in [7, 11) is 0. The van der Waals surface area contributed by atoms with E-state index in [0.29, 0.717) is 6.42 Å². The van der Waals surface area contributed by atoms with Gasteiger partial charge in [0.1, 0.15) is 5.82 Å². The highest BCUT2D eigenvalue weighted by Gasteiger charge is 2.05. The number of anilines is 1. The van der Waals surface area contributed by atoms with E-state index in [1.54, 1.807) is 6.07 Å². The van der Waals surface area contributed by atoms with E-state index in [1.807, 2.05) is 13.0 Å².